The summed E-state index contributed by atoms with van der Waals surface area (Å²) in [5.41, 5.74) is 8.02. The van der Waals surface area contributed by atoms with Crippen LogP contribution in [0.2, 0.25) is 13.3 Å². The van der Waals surface area contributed by atoms with Gasteiger partial charge >= 0.3 is 124 Å². The fourth-order valence-electron chi connectivity index (χ4n) is 8.38. The van der Waals surface area contributed by atoms with Gasteiger partial charge in [0.2, 0.25) is 0 Å². The number of H-pyrrole nitrogens is 1. The van der Waals surface area contributed by atoms with E-state index in [9.17, 15) is 20.2 Å². The van der Waals surface area contributed by atoms with Crippen LogP contribution >= 0.6 is 45.2 Å². The number of benzene rings is 4. The largest absolute Gasteiger partial charge is 0.385 e. The Labute approximate surface area is 718 Å². The number of nitrogens with two attached hydrogens (primary N) is 1. The first-order valence-electron chi connectivity index (χ1n) is 42.6. The molecule has 0 bridgehead atoms. The Morgan fingerprint density at radius 2 is 0.712 bits per heavy atom. The van der Waals surface area contributed by atoms with Crippen molar-refractivity contribution in [2.75, 3.05) is 32.6 Å². The van der Waals surface area contributed by atoms with E-state index in [1.807, 2.05) is 215 Å². The first-order valence-corrected chi connectivity index (χ1v) is 53.1. The minimum Gasteiger partial charge on any atom is -0.385 e. The molecule has 0 aliphatic carbocycles. The zero-order valence-electron chi connectivity index (χ0n) is 77.5. The number of anilines is 2. The molecule has 0 aliphatic heterocycles. The van der Waals surface area contributed by atoms with Crippen LogP contribution < -0.4 is 20.3 Å². The van der Waals surface area contributed by atoms with E-state index in [-0.39, 0.29) is 21.2 Å². The maximum absolute atomic E-state index is 10.2. The average molecular weight is 1890 g/mol. The molecule has 5 N–H and O–H groups in total. The van der Waals surface area contributed by atoms with Crippen molar-refractivity contribution in [2.45, 2.75) is 319 Å². The summed E-state index contributed by atoms with van der Waals surface area (Å²) in [6.45, 7) is 70.1. The van der Waals surface area contributed by atoms with Crippen molar-refractivity contribution in [2.24, 2.45) is 5.96 Å². The van der Waals surface area contributed by atoms with Crippen LogP contribution in [0.5, 0.6) is 0 Å². The second kappa shape index (κ2) is 123. The Bertz CT molecular complexity index is 2740. The third-order valence-corrected chi connectivity index (χ3v) is 30.6. The number of hydrogen-bond donors (Lipinski definition) is 4. The second-order valence-electron chi connectivity index (χ2n) is 20.3. The van der Waals surface area contributed by atoms with Crippen molar-refractivity contribution < 1.29 is 14.3 Å². The summed E-state index contributed by atoms with van der Waals surface area (Å²) in [5.74, 6) is 3.00. The first-order chi connectivity index (χ1) is 54.3. The summed E-state index contributed by atoms with van der Waals surface area (Å²) in [6.07, 6.45) is 26.0. The van der Waals surface area contributed by atoms with Crippen molar-refractivity contribution >= 4 is 90.0 Å². The molecule has 4 aromatic carbocycles. The Balaban J connectivity index is -0.0000000889. The summed E-state index contributed by atoms with van der Waals surface area (Å²) >= 11 is 2.50. The fourth-order valence-corrected chi connectivity index (χ4v) is 23.8. The van der Waals surface area contributed by atoms with Crippen LogP contribution in [0.4, 0.5) is 27.2 Å². The van der Waals surface area contributed by atoms with Crippen LogP contribution in [0.15, 0.2) is 195 Å². The van der Waals surface area contributed by atoms with Gasteiger partial charge in [-0.3, -0.25) is 25.2 Å². The monoisotopic (exact) mass is 1890 g/mol. The Morgan fingerprint density at radius 1 is 0.405 bits per heavy atom. The minimum absolute atomic E-state index is 0.183. The van der Waals surface area contributed by atoms with Crippen LogP contribution in [0, 0.1) is 47.9 Å². The predicted octanol–water partition coefficient (Wildman–Crippen LogP) is 32.5. The van der Waals surface area contributed by atoms with Crippen molar-refractivity contribution in [3.05, 3.63) is 243 Å². The number of halogens is 3. The summed E-state index contributed by atoms with van der Waals surface area (Å²) in [4.78, 5) is 31.7. The zero-order valence-corrected chi connectivity index (χ0v) is 84.7. The van der Waals surface area contributed by atoms with E-state index in [1.165, 1.54) is 114 Å². The number of nitrogens with one attached hydrogen (secondary N) is 3. The molecule has 8 rings (SSSR count). The van der Waals surface area contributed by atoms with E-state index in [0.29, 0.717) is 11.1 Å². The molecule has 0 unspecified atom stereocenters. The van der Waals surface area contributed by atoms with Gasteiger partial charge in [-0.05, 0) is 128 Å². The maximum Gasteiger partial charge on any atom is 0.272 e. The molecule has 0 saturated carbocycles. The third kappa shape index (κ3) is 88.1. The standard InChI is InChI=1S/C15H18N2.C14H18N2.2C7H7NO2.C5H4N.C4H5N.3C4H9.2C3H7I.12C2H6.FH2N.Sn/c1-13-7-2-3-10-15(13)17-12-6-9-14-8-4-5-11-16-14;1-13-7-2-3-8-14(13)15-9-6-12-16-10-4-5-11-16;2*1-6-4-2-3-5-7(6)8(9)10;1-2-4-6-5-3-1;1-2-4-5-3-1;3*1-3-4-2;2*1-2-3-4;13*1-2;/h2-5,7-8,10-11,17H,6,9,12H2,1H3;2-5,7-8,10-11,15H,6,9,12H2,1H3;2*2-5H,1H3;1-4H;1-5H;3*1,3-4H2,2H3;2*2-3H2,1H3;12*1-2H3;2H2;. The number of aromatic nitrogens is 4. The van der Waals surface area contributed by atoms with Crippen LogP contribution in [-0.4, -0.2) is 69.7 Å². The van der Waals surface area contributed by atoms with Gasteiger partial charge in [-0.25, -0.2) is 0 Å². The number of unbranched alkanes of at least 4 members (excludes halogenated alkanes) is 3. The van der Waals surface area contributed by atoms with E-state index >= 15 is 0 Å². The molecular weight excluding hydrogens is 1710 g/mol. The second-order valence-corrected chi connectivity index (χ2v) is 35.5. The van der Waals surface area contributed by atoms with Gasteiger partial charge in [0.05, 0.1) is 9.85 Å². The Hall–Kier alpha value is -5.71. The van der Waals surface area contributed by atoms with Crippen molar-refractivity contribution in [3.8, 4) is 0 Å². The van der Waals surface area contributed by atoms with Gasteiger partial charge in [-0.1, -0.05) is 304 Å². The number of pyridine rings is 2. The molecular formula is C94H174FI2N9O4Sn. The number of nitro benzene ring substituents is 2. The van der Waals surface area contributed by atoms with Crippen LogP contribution in [0.25, 0.3) is 0 Å². The van der Waals surface area contributed by atoms with Crippen molar-refractivity contribution in [1.82, 2.24) is 19.5 Å². The normalized spacial score (nSPS) is 8.33. The summed E-state index contributed by atoms with van der Waals surface area (Å²) < 4.78 is 19.9. The minimum atomic E-state index is -2.21. The smallest absolute Gasteiger partial charge is 0.272 e. The van der Waals surface area contributed by atoms with Gasteiger partial charge in [0.1, 0.15) is 0 Å². The summed E-state index contributed by atoms with van der Waals surface area (Å²) in [7, 11) is 0. The van der Waals surface area contributed by atoms with E-state index in [4.69, 9.17) is 9.47 Å². The number of para-hydroxylation sites is 4. The molecule has 111 heavy (non-hydrogen) atoms. The number of hydrogen-bond acceptors (Lipinski definition) is 9. The molecule has 0 atom stereocenters. The van der Waals surface area contributed by atoms with Crippen LogP contribution in [0.3, 0.4) is 0 Å². The Morgan fingerprint density at radius 3 is 0.973 bits per heavy atom. The molecule has 0 amide bonds. The van der Waals surface area contributed by atoms with Gasteiger partial charge in [0.15, 0.2) is 0 Å². The molecule has 4 aromatic heterocycles. The van der Waals surface area contributed by atoms with E-state index in [1.54, 1.807) is 54.0 Å². The molecule has 0 saturated heterocycles. The number of alkyl halides is 2. The summed E-state index contributed by atoms with van der Waals surface area (Å²) in [5, 5.41) is 27.4. The molecule has 0 radical (unpaired) electrons. The first kappa shape index (κ1) is 134. The van der Waals surface area contributed by atoms with E-state index in [2.05, 4.69) is 222 Å². The number of rotatable bonds is 24. The van der Waals surface area contributed by atoms with Gasteiger partial charge in [-0.2, -0.15) is 5.96 Å². The number of nitro groups is 2. The molecule has 17 heteroatoms. The molecule has 0 aliphatic rings. The van der Waals surface area contributed by atoms with E-state index in [0.717, 1.165) is 38.9 Å². The van der Waals surface area contributed by atoms with Crippen LogP contribution in [-0.2, 0) is 13.0 Å². The van der Waals surface area contributed by atoms with Gasteiger partial charge in [0, 0.05) is 90.9 Å². The van der Waals surface area contributed by atoms with Crippen molar-refractivity contribution in [3.63, 3.8) is 0 Å². The molecule has 13 nitrogen and oxygen atoms in total. The number of aromatic amines is 1. The molecule has 0 fully saturated rings. The Kier molecular flexibility index (Phi) is 148. The van der Waals surface area contributed by atoms with Gasteiger partial charge < -0.3 is 20.2 Å². The topological polar surface area (TPSA) is 183 Å². The molecule has 8 aromatic rings. The van der Waals surface area contributed by atoms with Crippen LogP contribution in [0.1, 0.15) is 293 Å². The third-order valence-electron chi connectivity index (χ3n) is 13.2. The maximum atomic E-state index is 10.2. The SMILES string of the molecule is CC.CC.CC.CC.CC.CC.CC.CC.CC.CC.CC.CC.CCCI.CCCI.CCC[CH2][Sn]([CH2]CCC)([CH2]CCC)[c]1ccccn1.Cc1ccccc1NCCCc1ccccn1.Cc1ccccc1NCCCn1cccc1.Cc1ccccc1[N+](=O)[O-].Cc1ccccc1[N+](=O)[O-].NF.c1cc[nH]c1. The predicted molar refractivity (Wildman–Crippen MR) is 526 cm³/mol. The molecule has 4 heterocycles. The molecule has 644 valence electrons. The van der Waals surface area contributed by atoms with Gasteiger partial charge in [0.25, 0.3) is 11.4 Å². The number of aryl methyl sites for hydroxylation is 6. The van der Waals surface area contributed by atoms with Crippen molar-refractivity contribution in [1.29, 1.82) is 0 Å². The summed E-state index contributed by atoms with van der Waals surface area (Å²) in [6, 6.07) is 50.8. The van der Waals surface area contributed by atoms with E-state index < -0.39 is 18.4 Å². The molecule has 0 spiro atoms. The number of nitrogens with zero attached hydrogens (tertiary/aromatic N) is 5. The fraction of sp³-hybridized carbons (Fsp3) is 0.553. The quantitative estimate of drug-likeness (QED) is 0.00870. The zero-order chi connectivity index (χ0) is 88.6. The average Bonchev–Trinajstić information content (AvgIpc) is 1.53. The van der Waals surface area contributed by atoms with Gasteiger partial charge in [-0.15, -0.1) is 4.48 Å².